The lowest BCUT2D eigenvalue weighted by atomic mass is 9.89. The van der Waals surface area contributed by atoms with Crippen LogP contribution in [0.5, 0.6) is 0 Å². The molecular formula is C15H31NO2. The van der Waals surface area contributed by atoms with Crippen LogP contribution in [0.4, 0.5) is 0 Å². The Labute approximate surface area is 113 Å². The van der Waals surface area contributed by atoms with Crippen LogP contribution in [0.1, 0.15) is 46.0 Å². The van der Waals surface area contributed by atoms with Crippen molar-refractivity contribution in [2.45, 2.75) is 58.1 Å². The molecule has 0 aromatic carbocycles. The predicted octanol–water partition coefficient (Wildman–Crippen LogP) is 2.84. The van der Waals surface area contributed by atoms with E-state index in [9.17, 15) is 0 Å². The molecular weight excluding hydrogens is 226 g/mol. The molecule has 3 atom stereocenters. The number of methoxy groups -OCH3 is 2. The first-order chi connectivity index (χ1) is 8.67. The molecule has 1 saturated carbocycles. The summed E-state index contributed by atoms with van der Waals surface area (Å²) in [5, 5.41) is 3.65. The van der Waals surface area contributed by atoms with Crippen molar-refractivity contribution in [1.82, 2.24) is 5.32 Å². The average molecular weight is 257 g/mol. The molecule has 3 unspecified atom stereocenters. The van der Waals surface area contributed by atoms with Crippen molar-refractivity contribution < 1.29 is 9.47 Å². The van der Waals surface area contributed by atoms with Crippen LogP contribution in [-0.2, 0) is 9.47 Å². The third-order valence-corrected chi connectivity index (χ3v) is 4.28. The molecule has 0 amide bonds. The third-order valence-electron chi connectivity index (χ3n) is 4.28. The zero-order valence-electron chi connectivity index (χ0n) is 12.6. The second-order valence-electron chi connectivity index (χ2n) is 5.93. The van der Waals surface area contributed by atoms with Gasteiger partial charge < -0.3 is 14.8 Å². The first kappa shape index (κ1) is 15.9. The minimum atomic E-state index is 0.180. The van der Waals surface area contributed by atoms with Gasteiger partial charge in [0.05, 0.1) is 12.7 Å². The molecule has 1 aliphatic rings. The van der Waals surface area contributed by atoms with Crippen molar-refractivity contribution in [2.24, 2.45) is 11.8 Å². The van der Waals surface area contributed by atoms with E-state index in [1.165, 1.54) is 32.1 Å². The van der Waals surface area contributed by atoms with Gasteiger partial charge in [-0.1, -0.05) is 26.7 Å². The molecule has 0 saturated heterocycles. The van der Waals surface area contributed by atoms with E-state index in [1.54, 1.807) is 14.2 Å². The molecule has 0 aromatic rings. The summed E-state index contributed by atoms with van der Waals surface area (Å²) in [6, 6.07) is 0.670. The SMILES string of the molecule is COCC(CNC1CCCC(C(C)C)CC1)OC. The number of hydrogen-bond acceptors (Lipinski definition) is 3. The van der Waals surface area contributed by atoms with Crippen LogP contribution in [0.15, 0.2) is 0 Å². The number of ether oxygens (including phenoxy) is 2. The second-order valence-corrected chi connectivity index (χ2v) is 5.93. The molecule has 108 valence electrons. The minimum Gasteiger partial charge on any atom is -0.382 e. The molecule has 18 heavy (non-hydrogen) atoms. The topological polar surface area (TPSA) is 30.5 Å². The van der Waals surface area contributed by atoms with Crippen molar-refractivity contribution in [2.75, 3.05) is 27.4 Å². The van der Waals surface area contributed by atoms with Crippen molar-refractivity contribution in [3.63, 3.8) is 0 Å². The normalized spacial score (nSPS) is 27.2. The van der Waals surface area contributed by atoms with Crippen molar-refractivity contribution in [3.05, 3.63) is 0 Å². The molecule has 3 nitrogen and oxygen atoms in total. The van der Waals surface area contributed by atoms with E-state index in [-0.39, 0.29) is 6.10 Å². The zero-order valence-corrected chi connectivity index (χ0v) is 12.6. The quantitative estimate of drug-likeness (QED) is 0.711. The van der Waals surface area contributed by atoms with E-state index in [0.29, 0.717) is 12.6 Å². The van der Waals surface area contributed by atoms with Gasteiger partial charge >= 0.3 is 0 Å². The predicted molar refractivity (Wildman–Crippen MR) is 75.9 cm³/mol. The highest BCUT2D eigenvalue weighted by molar-refractivity contribution is 4.77. The van der Waals surface area contributed by atoms with E-state index >= 15 is 0 Å². The fourth-order valence-electron chi connectivity index (χ4n) is 2.90. The fourth-order valence-corrected chi connectivity index (χ4v) is 2.90. The molecule has 3 heteroatoms. The lowest BCUT2D eigenvalue weighted by Gasteiger charge is -2.21. The van der Waals surface area contributed by atoms with Gasteiger partial charge in [-0.05, 0) is 31.1 Å². The second kappa shape index (κ2) is 8.89. The van der Waals surface area contributed by atoms with Crippen LogP contribution in [0.25, 0.3) is 0 Å². The molecule has 0 aromatic heterocycles. The zero-order chi connectivity index (χ0) is 13.4. The largest absolute Gasteiger partial charge is 0.382 e. The van der Waals surface area contributed by atoms with Crippen LogP contribution in [0.2, 0.25) is 0 Å². The molecule has 0 heterocycles. The molecule has 0 aliphatic heterocycles. The highest BCUT2D eigenvalue weighted by atomic mass is 16.5. The lowest BCUT2D eigenvalue weighted by Crippen LogP contribution is -2.38. The number of hydrogen-bond donors (Lipinski definition) is 1. The fraction of sp³-hybridized carbons (Fsp3) is 1.00. The molecule has 0 spiro atoms. The highest BCUT2D eigenvalue weighted by Gasteiger charge is 2.21. The first-order valence-electron chi connectivity index (χ1n) is 7.42. The maximum absolute atomic E-state index is 5.38. The summed E-state index contributed by atoms with van der Waals surface area (Å²) in [5.41, 5.74) is 0. The summed E-state index contributed by atoms with van der Waals surface area (Å²) in [4.78, 5) is 0. The maximum atomic E-state index is 5.38. The number of rotatable bonds is 7. The summed E-state index contributed by atoms with van der Waals surface area (Å²) in [6.07, 6.45) is 6.94. The summed E-state index contributed by atoms with van der Waals surface area (Å²) in [7, 11) is 3.48. The van der Waals surface area contributed by atoms with Gasteiger partial charge in [0.2, 0.25) is 0 Å². The van der Waals surface area contributed by atoms with Gasteiger partial charge in [0.25, 0.3) is 0 Å². The van der Waals surface area contributed by atoms with Gasteiger partial charge in [-0.2, -0.15) is 0 Å². The Kier molecular flexibility index (Phi) is 7.87. The Hall–Kier alpha value is -0.120. The standard InChI is InChI=1S/C15H31NO2/c1-12(2)13-6-5-7-14(9-8-13)16-10-15(18-4)11-17-3/h12-16H,5-11H2,1-4H3. The summed E-state index contributed by atoms with van der Waals surface area (Å²) < 4.78 is 10.5. The van der Waals surface area contributed by atoms with E-state index in [4.69, 9.17) is 9.47 Å². The average Bonchev–Trinajstić information content (AvgIpc) is 2.60. The minimum absolute atomic E-state index is 0.180. The molecule has 0 bridgehead atoms. The Morgan fingerprint density at radius 3 is 2.50 bits per heavy atom. The van der Waals surface area contributed by atoms with Gasteiger partial charge in [0, 0.05) is 26.8 Å². The molecule has 1 aliphatic carbocycles. The van der Waals surface area contributed by atoms with E-state index in [2.05, 4.69) is 19.2 Å². The van der Waals surface area contributed by atoms with Crippen LogP contribution in [-0.4, -0.2) is 39.5 Å². The van der Waals surface area contributed by atoms with Crippen LogP contribution >= 0.6 is 0 Å². The van der Waals surface area contributed by atoms with E-state index < -0.39 is 0 Å². The Morgan fingerprint density at radius 2 is 1.89 bits per heavy atom. The Bertz CT molecular complexity index is 209. The lowest BCUT2D eigenvalue weighted by molar-refractivity contribution is 0.0270. The summed E-state index contributed by atoms with van der Waals surface area (Å²) >= 11 is 0. The van der Waals surface area contributed by atoms with Gasteiger partial charge in [-0.15, -0.1) is 0 Å². The van der Waals surface area contributed by atoms with Crippen molar-refractivity contribution in [1.29, 1.82) is 0 Å². The summed E-state index contributed by atoms with van der Waals surface area (Å²) in [5.74, 6) is 1.76. The van der Waals surface area contributed by atoms with Gasteiger partial charge in [-0.3, -0.25) is 0 Å². The van der Waals surface area contributed by atoms with Crippen molar-refractivity contribution in [3.8, 4) is 0 Å². The van der Waals surface area contributed by atoms with E-state index in [0.717, 1.165) is 18.4 Å². The van der Waals surface area contributed by atoms with Crippen LogP contribution < -0.4 is 5.32 Å². The Morgan fingerprint density at radius 1 is 1.11 bits per heavy atom. The highest BCUT2D eigenvalue weighted by Crippen LogP contribution is 2.28. The van der Waals surface area contributed by atoms with Crippen molar-refractivity contribution >= 4 is 0 Å². The molecule has 1 N–H and O–H groups in total. The molecule has 1 fully saturated rings. The van der Waals surface area contributed by atoms with Gasteiger partial charge in [-0.25, -0.2) is 0 Å². The van der Waals surface area contributed by atoms with Gasteiger partial charge in [0.1, 0.15) is 0 Å². The van der Waals surface area contributed by atoms with Crippen LogP contribution in [0.3, 0.4) is 0 Å². The maximum Gasteiger partial charge on any atom is 0.0928 e. The third kappa shape index (κ3) is 5.68. The first-order valence-corrected chi connectivity index (χ1v) is 7.42. The monoisotopic (exact) mass is 257 g/mol. The van der Waals surface area contributed by atoms with Gasteiger partial charge in [0.15, 0.2) is 0 Å². The smallest absolute Gasteiger partial charge is 0.0928 e. The Balaban J connectivity index is 2.26. The molecule has 0 radical (unpaired) electrons. The number of nitrogens with one attached hydrogen (secondary N) is 1. The van der Waals surface area contributed by atoms with Crippen LogP contribution in [0, 0.1) is 11.8 Å². The van der Waals surface area contributed by atoms with E-state index in [1.807, 2.05) is 0 Å². The molecule has 1 rings (SSSR count). The summed E-state index contributed by atoms with van der Waals surface area (Å²) in [6.45, 7) is 6.29.